The van der Waals surface area contributed by atoms with Gasteiger partial charge in [-0.05, 0) is 6.42 Å². The van der Waals surface area contributed by atoms with E-state index in [1.54, 1.807) is 13.3 Å². The van der Waals surface area contributed by atoms with Gasteiger partial charge in [0.1, 0.15) is 0 Å². The fraction of sp³-hybridized carbons (Fsp3) is 0.769. The van der Waals surface area contributed by atoms with Gasteiger partial charge in [0.15, 0.2) is 5.82 Å². The molecule has 2 rings (SSSR count). The van der Waals surface area contributed by atoms with Crippen molar-refractivity contribution in [1.82, 2.24) is 20.1 Å². The number of rotatable bonds is 9. The first-order valence-electron chi connectivity index (χ1n) is 7.35. The SMILES string of the molecule is COCCCNc1cnnc(NCCN2CCOCC2)n1. The molecule has 8 nitrogen and oxygen atoms in total. The van der Waals surface area contributed by atoms with Crippen molar-refractivity contribution in [2.24, 2.45) is 0 Å². The summed E-state index contributed by atoms with van der Waals surface area (Å²) in [6, 6.07) is 0. The Hall–Kier alpha value is -1.51. The van der Waals surface area contributed by atoms with Gasteiger partial charge in [-0.3, -0.25) is 4.90 Å². The average Bonchev–Trinajstić information content (AvgIpc) is 2.53. The van der Waals surface area contributed by atoms with Crippen LogP contribution in [0.3, 0.4) is 0 Å². The first-order valence-corrected chi connectivity index (χ1v) is 7.35. The van der Waals surface area contributed by atoms with Crippen molar-refractivity contribution in [2.45, 2.75) is 6.42 Å². The highest BCUT2D eigenvalue weighted by Gasteiger charge is 2.09. The molecule has 0 unspecified atom stereocenters. The van der Waals surface area contributed by atoms with E-state index in [1.807, 2.05) is 0 Å². The molecule has 1 aliphatic heterocycles. The quantitative estimate of drug-likeness (QED) is 0.619. The van der Waals surface area contributed by atoms with E-state index in [1.165, 1.54) is 0 Å². The summed E-state index contributed by atoms with van der Waals surface area (Å²) in [4.78, 5) is 6.73. The Bertz CT molecular complexity index is 400. The fourth-order valence-electron chi connectivity index (χ4n) is 2.05. The summed E-state index contributed by atoms with van der Waals surface area (Å²) >= 11 is 0. The molecule has 21 heavy (non-hydrogen) atoms. The maximum atomic E-state index is 5.32. The molecule has 8 heteroatoms. The number of morpholine rings is 1. The number of nitrogens with one attached hydrogen (secondary N) is 2. The van der Waals surface area contributed by atoms with Crippen LogP contribution in [0.15, 0.2) is 6.20 Å². The molecule has 0 radical (unpaired) electrons. The zero-order chi connectivity index (χ0) is 14.8. The molecule has 0 amide bonds. The van der Waals surface area contributed by atoms with Gasteiger partial charge in [-0.2, -0.15) is 10.1 Å². The summed E-state index contributed by atoms with van der Waals surface area (Å²) in [5, 5.41) is 14.3. The van der Waals surface area contributed by atoms with E-state index in [2.05, 4.69) is 30.7 Å². The Morgan fingerprint density at radius 1 is 1.29 bits per heavy atom. The topological polar surface area (TPSA) is 84.4 Å². The van der Waals surface area contributed by atoms with E-state index in [-0.39, 0.29) is 0 Å². The number of nitrogens with zero attached hydrogens (tertiary/aromatic N) is 4. The number of methoxy groups -OCH3 is 1. The molecule has 2 heterocycles. The number of aromatic nitrogens is 3. The minimum absolute atomic E-state index is 0.556. The van der Waals surface area contributed by atoms with Crippen molar-refractivity contribution in [3.8, 4) is 0 Å². The summed E-state index contributed by atoms with van der Waals surface area (Å²) in [5.74, 6) is 1.29. The van der Waals surface area contributed by atoms with Crippen molar-refractivity contribution in [3.63, 3.8) is 0 Å². The number of anilines is 2. The van der Waals surface area contributed by atoms with Gasteiger partial charge >= 0.3 is 0 Å². The summed E-state index contributed by atoms with van der Waals surface area (Å²) < 4.78 is 10.3. The van der Waals surface area contributed by atoms with Crippen LogP contribution in [-0.2, 0) is 9.47 Å². The monoisotopic (exact) mass is 296 g/mol. The molecule has 0 aromatic carbocycles. The normalized spacial score (nSPS) is 15.9. The molecule has 0 atom stereocenters. The lowest BCUT2D eigenvalue weighted by Crippen LogP contribution is -2.39. The largest absolute Gasteiger partial charge is 0.385 e. The number of hydrogen-bond acceptors (Lipinski definition) is 8. The Morgan fingerprint density at radius 2 is 2.14 bits per heavy atom. The van der Waals surface area contributed by atoms with Crippen LogP contribution >= 0.6 is 0 Å². The van der Waals surface area contributed by atoms with Crippen molar-refractivity contribution in [1.29, 1.82) is 0 Å². The van der Waals surface area contributed by atoms with Gasteiger partial charge in [-0.15, -0.1) is 5.10 Å². The Morgan fingerprint density at radius 3 is 2.95 bits per heavy atom. The van der Waals surface area contributed by atoms with Gasteiger partial charge in [0, 0.05) is 46.4 Å². The molecule has 0 spiro atoms. The third kappa shape index (κ3) is 6.19. The van der Waals surface area contributed by atoms with Crippen LogP contribution < -0.4 is 10.6 Å². The van der Waals surface area contributed by atoms with Crippen molar-refractivity contribution < 1.29 is 9.47 Å². The predicted molar refractivity (Wildman–Crippen MR) is 80.6 cm³/mol. The highest BCUT2D eigenvalue weighted by atomic mass is 16.5. The second-order valence-electron chi connectivity index (χ2n) is 4.82. The minimum Gasteiger partial charge on any atom is -0.385 e. The van der Waals surface area contributed by atoms with Gasteiger partial charge in [0.2, 0.25) is 5.95 Å². The molecule has 0 bridgehead atoms. The van der Waals surface area contributed by atoms with Crippen molar-refractivity contribution in [2.75, 3.05) is 70.3 Å². The smallest absolute Gasteiger partial charge is 0.244 e. The lowest BCUT2D eigenvalue weighted by molar-refractivity contribution is 0.0398. The number of hydrogen-bond donors (Lipinski definition) is 2. The van der Waals surface area contributed by atoms with E-state index < -0.39 is 0 Å². The third-order valence-corrected chi connectivity index (χ3v) is 3.21. The van der Waals surface area contributed by atoms with E-state index in [0.717, 1.165) is 64.8 Å². The van der Waals surface area contributed by atoms with Crippen LogP contribution in [0, 0.1) is 0 Å². The Labute approximate surface area is 125 Å². The zero-order valence-electron chi connectivity index (χ0n) is 12.5. The van der Waals surface area contributed by atoms with Gasteiger partial charge in [-0.1, -0.05) is 0 Å². The molecule has 1 aromatic heterocycles. The first-order chi connectivity index (χ1) is 10.4. The molecule has 118 valence electrons. The highest BCUT2D eigenvalue weighted by molar-refractivity contribution is 5.36. The molecule has 1 fully saturated rings. The molecule has 1 saturated heterocycles. The molecular weight excluding hydrogens is 272 g/mol. The van der Waals surface area contributed by atoms with E-state index >= 15 is 0 Å². The van der Waals surface area contributed by atoms with Gasteiger partial charge in [-0.25, -0.2) is 0 Å². The van der Waals surface area contributed by atoms with Crippen LogP contribution in [0.25, 0.3) is 0 Å². The van der Waals surface area contributed by atoms with Crippen molar-refractivity contribution >= 4 is 11.8 Å². The summed E-state index contributed by atoms with van der Waals surface area (Å²) in [6.45, 7) is 6.91. The molecule has 1 aliphatic rings. The summed E-state index contributed by atoms with van der Waals surface area (Å²) in [5.41, 5.74) is 0. The van der Waals surface area contributed by atoms with E-state index in [4.69, 9.17) is 9.47 Å². The van der Waals surface area contributed by atoms with Crippen LogP contribution in [0.1, 0.15) is 6.42 Å². The van der Waals surface area contributed by atoms with Crippen molar-refractivity contribution in [3.05, 3.63) is 6.20 Å². The summed E-state index contributed by atoms with van der Waals surface area (Å²) in [7, 11) is 1.70. The van der Waals surface area contributed by atoms with Gasteiger partial charge < -0.3 is 20.1 Å². The van der Waals surface area contributed by atoms with Crippen LogP contribution in [-0.4, -0.2) is 79.7 Å². The number of ether oxygens (including phenoxy) is 2. The third-order valence-electron chi connectivity index (χ3n) is 3.21. The molecule has 0 saturated carbocycles. The standard InChI is InChI=1S/C13H24N6O2/c1-20-8-2-3-14-12-11-16-18-13(17-12)15-4-5-19-6-9-21-10-7-19/h11H,2-10H2,1H3,(H2,14,15,17,18). The molecule has 2 N–H and O–H groups in total. The van der Waals surface area contributed by atoms with Gasteiger partial charge in [0.25, 0.3) is 0 Å². The Kier molecular flexibility index (Phi) is 7.13. The van der Waals surface area contributed by atoms with Crippen LogP contribution in [0.5, 0.6) is 0 Å². The fourth-order valence-corrected chi connectivity index (χ4v) is 2.05. The highest BCUT2D eigenvalue weighted by Crippen LogP contribution is 2.03. The second kappa shape index (κ2) is 9.43. The zero-order valence-corrected chi connectivity index (χ0v) is 12.5. The molecular formula is C13H24N6O2. The average molecular weight is 296 g/mol. The first kappa shape index (κ1) is 15.9. The lowest BCUT2D eigenvalue weighted by atomic mass is 10.4. The van der Waals surface area contributed by atoms with Crippen LogP contribution in [0.4, 0.5) is 11.8 Å². The van der Waals surface area contributed by atoms with E-state index in [9.17, 15) is 0 Å². The van der Waals surface area contributed by atoms with E-state index in [0.29, 0.717) is 5.95 Å². The van der Waals surface area contributed by atoms with Gasteiger partial charge in [0.05, 0.1) is 19.4 Å². The summed E-state index contributed by atoms with van der Waals surface area (Å²) in [6.07, 6.45) is 2.56. The second-order valence-corrected chi connectivity index (χ2v) is 4.82. The Balaban J connectivity index is 1.67. The predicted octanol–water partition coefficient (Wildman–Crippen LogP) is 0.0641. The van der Waals surface area contributed by atoms with Crippen LogP contribution in [0.2, 0.25) is 0 Å². The minimum atomic E-state index is 0.556. The molecule has 0 aliphatic carbocycles. The molecule has 1 aromatic rings. The lowest BCUT2D eigenvalue weighted by Gasteiger charge is -2.26. The maximum absolute atomic E-state index is 5.32. The maximum Gasteiger partial charge on any atom is 0.244 e.